The molecule has 0 spiro atoms. The first-order valence-electron chi connectivity index (χ1n) is 4.77. The van der Waals surface area contributed by atoms with E-state index >= 15 is 0 Å². The van der Waals surface area contributed by atoms with E-state index in [1.165, 1.54) is 6.07 Å². The highest BCUT2D eigenvalue weighted by Crippen LogP contribution is 2.29. The van der Waals surface area contributed by atoms with E-state index < -0.39 is 9.84 Å². The molecule has 0 atom stereocenters. The topological polar surface area (TPSA) is 49.9 Å². The number of rotatable bonds is 2. The molecular formula is C11H9Cl2NO2S. The van der Waals surface area contributed by atoms with Crippen LogP contribution in [0.2, 0.25) is 10.3 Å². The third kappa shape index (κ3) is 2.34. The van der Waals surface area contributed by atoms with Gasteiger partial charge in [-0.3, -0.25) is 0 Å². The second-order valence-electron chi connectivity index (χ2n) is 3.61. The van der Waals surface area contributed by atoms with Crippen LogP contribution in [0.5, 0.6) is 0 Å². The summed E-state index contributed by atoms with van der Waals surface area (Å²) in [6.07, 6.45) is 0. The van der Waals surface area contributed by atoms with E-state index in [4.69, 9.17) is 23.2 Å². The molecule has 0 radical (unpaired) electrons. The normalized spacial score (nSPS) is 11.7. The zero-order chi connectivity index (χ0) is 12.6. The molecule has 0 bridgehead atoms. The number of hydrogen-bond donors (Lipinski definition) is 1. The minimum Gasteiger partial charge on any atom is -0.336 e. The summed E-state index contributed by atoms with van der Waals surface area (Å²) in [7, 11) is -3.61. The first-order valence-corrected chi connectivity index (χ1v) is 7.01. The van der Waals surface area contributed by atoms with Crippen LogP contribution in [0.1, 0.15) is 5.56 Å². The molecule has 2 aromatic rings. The number of hydrogen-bond acceptors (Lipinski definition) is 2. The number of aromatic amines is 1. The number of halogens is 2. The van der Waals surface area contributed by atoms with Crippen molar-refractivity contribution < 1.29 is 8.42 Å². The first-order chi connectivity index (χ1) is 7.91. The van der Waals surface area contributed by atoms with E-state index in [0.717, 1.165) is 5.56 Å². The summed E-state index contributed by atoms with van der Waals surface area (Å²) in [6, 6.07) is 7.85. The molecule has 0 saturated heterocycles. The molecule has 0 saturated carbocycles. The van der Waals surface area contributed by atoms with Crippen molar-refractivity contribution in [2.75, 3.05) is 0 Å². The molecule has 1 aromatic carbocycles. The Hall–Kier alpha value is -0.970. The van der Waals surface area contributed by atoms with Gasteiger partial charge in [0.1, 0.15) is 15.2 Å². The van der Waals surface area contributed by atoms with E-state index in [1.54, 1.807) is 24.3 Å². The van der Waals surface area contributed by atoms with Crippen molar-refractivity contribution in [2.45, 2.75) is 16.7 Å². The zero-order valence-electron chi connectivity index (χ0n) is 8.87. The standard InChI is InChI=1S/C11H9Cl2NO2S/c1-7-2-4-8(5-3-7)17(15,16)9-6-10(12)14-11(9)13/h2-6,14H,1H3. The van der Waals surface area contributed by atoms with E-state index in [-0.39, 0.29) is 20.1 Å². The molecular weight excluding hydrogens is 281 g/mol. The van der Waals surface area contributed by atoms with Gasteiger partial charge in [-0.2, -0.15) is 0 Å². The molecule has 0 aliphatic rings. The molecule has 3 nitrogen and oxygen atoms in total. The van der Waals surface area contributed by atoms with Gasteiger partial charge >= 0.3 is 0 Å². The Bertz CT molecular complexity index is 645. The van der Waals surface area contributed by atoms with Crippen molar-refractivity contribution >= 4 is 33.0 Å². The molecule has 6 heteroatoms. The minimum atomic E-state index is -3.61. The summed E-state index contributed by atoms with van der Waals surface area (Å²) in [5.74, 6) is 0. The summed E-state index contributed by atoms with van der Waals surface area (Å²) >= 11 is 11.5. The second kappa shape index (κ2) is 4.37. The number of nitrogens with one attached hydrogen (secondary N) is 1. The van der Waals surface area contributed by atoms with Crippen LogP contribution >= 0.6 is 23.2 Å². The number of benzene rings is 1. The van der Waals surface area contributed by atoms with Crippen LogP contribution in [0.15, 0.2) is 40.1 Å². The van der Waals surface area contributed by atoms with E-state index in [9.17, 15) is 8.42 Å². The van der Waals surface area contributed by atoms with E-state index in [2.05, 4.69) is 4.98 Å². The van der Waals surface area contributed by atoms with E-state index in [1.807, 2.05) is 6.92 Å². The Morgan fingerprint density at radius 3 is 2.18 bits per heavy atom. The predicted octanol–water partition coefficient (Wildman–Crippen LogP) is 3.46. The smallest absolute Gasteiger partial charge is 0.209 e. The minimum absolute atomic E-state index is 0.00646. The van der Waals surface area contributed by atoms with Gasteiger partial charge in [0.2, 0.25) is 9.84 Å². The molecule has 0 fully saturated rings. The van der Waals surface area contributed by atoms with Crippen LogP contribution in [-0.4, -0.2) is 13.4 Å². The largest absolute Gasteiger partial charge is 0.336 e. The third-order valence-corrected chi connectivity index (χ3v) is 4.73. The van der Waals surface area contributed by atoms with Crippen molar-refractivity contribution in [1.82, 2.24) is 4.98 Å². The highest BCUT2D eigenvalue weighted by atomic mass is 35.5. The summed E-state index contributed by atoms with van der Waals surface area (Å²) in [5.41, 5.74) is 0.988. The highest BCUT2D eigenvalue weighted by Gasteiger charge is 2.22. The monoisotopic (exact) mass is 289 g/mol. The summed E-state index contributed by atoms with van der Waals surface area (Å²) in [4.78, 5) is 2.74. The molecule has 1 heterocycles. The predicted molar refractivity (Wildman–Crippen MR) is 67.4 cm³/mol. The van der Waals surface area contributed by atoms with Crippen LogP contribution in [0.4, 0.5) is 0 Å². The maximum Gasteiger partial charge on any atom is 0.209 e. The first kappa shape index (κ1) is 12.5. The molecule has 90 valence electrons. The fourth-order valence-electron chi connectivity index (χ4n) is 1.42. The van der Waals surface area contributed by atoms with Gasteiger partial charge in [-0.25, -0.2) is 8.42 Å². The lowest BCUT2D eigenvalue weighted by molar-refractivity contribution is 0.596. The van der Waals surface area contributed by atoms with Gasteiger partial charge in [-0.15, -0.1) is 0 Å². The number of sulfone groups is 1. The Labute approximate surface area is 109 Å². The summed E-state index contributed by atoms with van der Waals surface area (Å²) in [6.45, 7) is 1.89. The lowest BCUT2D eigenvalue weighted by atomic mass is 10.2. The lowest BCUT2D eigenvalue weighted by Gasteiger charge is -2.03. The second-order valence-corrected chi connectivity index (χ2v) is 6.32. The molecule has 0 aliphatic heterocycles. The number of aryl methyl sites for hydroxylation is 1. The molecule has 1 N–H and O–H groups in total. The van der Waals surface area contributed by atoms with Crippen LogP contribution in [0.25, 0.3) is 0 Å². The molecule has 2 rings (SSSR count). The average molecular weight is 290 g/mol. The lowest BCUT2D eigenvalue weighted by Crippen LogP contribution is -2.01. The van der Waals surface area contributed by atoms with Gasteiger partial charge in [0, 0.05) is 0 Å². The van der Waals surface area contributed by atoms with E-state index in [0.29, 0.717) is 0 Å². The van der Waals surface area contributed by atoms with Gasteiger partial charge in [0.15, 0.2) is 0 Å². The van der Waals surface area contributed by atoms with Crippen LogP contribution in [-0.2, 0) is 9.84 Å². The maximum atomic E-state index is 12.2. The Balaban J connectivity index is 2.57. The molecule has 17 heavy (non-hydrogen) atoms. The summed E-state index contributed by atoms with van der Waals surface area (Å²) in [5, 5.41) is 0.219. The number of aromatic nitrogens is 1. The maximum absolute atomic E-state index is 12.2. The van der Waals surface area contributed by atoms with Gasteiger partial charge in [0.25, 0.3) is 0 Å². The fraction of sp³-hybridized carbons (Fsp3) is 0.0909. The fourth-order valence-corrected chi connectivity index (χ4v) is 3.51. The van der Waals surface area contributed by atoms with Crippen molar-refractivity contribution in [1.29, 1.82) is 0 Å². The van der Waals surface area contributed by atoms with Gasteiger partial charge < -0.3 is 4.98 Å². The highest BCUT2D eigenvalue weighted by molar-refractivity contribution is 7.91. The quantitative estimate of drug-likeness (QED) is 0.920. The average Bonchev–Trinajstić information content (AvgIpc) is 2.59. The van der Waals surface area contributed by atoms with Gasteiger partial charge in [0.05, 0.1) is 4.90 Å². The van der Waals surface area contributed by atoms with Crippen LogP contribution in [0, 0.1) is 6.92 Å². The van der Waals surface area contributed by atoms with Crippen molar-refractivity contribution in [2.24, 2.45) is 0 Å². The molecule has 1 aromatic heterocycles. The molecule has 0 amide bonds. The Morgan fingerprint density at radius 1 is 1.12 bits per heavy atom. The van der Waals surface area contributed by atoms with Crippen molar-refractivity contribution in [3.8, 4) is 0 Å². The molecule has 0 unspecified atom stereocenters. The molecule has 0 aliphatic carbocycles. The zero-order valence-corrected chi connectivity index (χ0v) is 11.2. The van der Waals surface area contributed by atoms with Crippen LogP contribution < -0.4 is 0 Å². The number of H-pyrrole nitrogens is 1. The SMILES string of the molecule is Cc1ccc(S(=O)(=O)c2cc(Cl)[nH]c2Cl)cc1. The van der Waals surface area contributed by atoms with Gasteiger partial charge in [-0.1, -0.05) is 40.9 Å². The Morgan fingerprint density at radius 2 is 1.71 bits per heavy atom. The van der Waals surface area contributed by atoms with Crippen LogP contribution in [0.3, 0.4) is 0 Å². The summed E-state index contributed by atoms with van der Waals surface area (Å²) < 4.78 is 24.4. The Kier molecular flexibility index (Phi) is 3.21. The van der Waals surface area contributed by atoms with Gasteiger partial charge in [-0.05, 0) is 25.1 Å². The van der Waals surface area contributed by atoms with Crippen molar-refractivity contribution in [3.63, 3.8) is 0 Å². The third-order valence-electron chi connectivity index (χ3n) is 2.32. The van der Waals surface area contributed by atoms with Crippen molar-refractivity contribution in [3.05, 3.63) is 46.2 Å².